The molecule has 0 amide bonds. The molecule has 1 fully saturated rings. The fourth-order valence-corrected chi connectivity index (χ4v) is 1.96. The van der Waals surface area contributed by atoms with Crippen molar-refractivity contribution in [1.82, 2.24) is 10.3 Å². The molecule has 1 saturated carbocycles. The normalized spacial score (nSPS) is 26.9. The highest BCUT2D eigenvalue weighted by Crippen LogP contribution is 2.24. The molecule has 1 aromatic heterocycles. The molecule has 1 aliphatic rings. The predicted molar refractivity (Wildman–Crippen MR) is 51.6 cm³/mol. The number of aromatic nitrogens is 1. The Hall–Kier alpha value is -0.870. The monoisotopic (exact) mass is 196 g/mol. The number of rotatable bonds is 4. The molecule has 14 heavy (non-hydrogen) atoms. The number of nitrogens with one attached hydrogen (secondary N) is 1. The van der Waals surface area contributed by atoms with E-state index in [1.807, 2.05) is 0 Å². The summed E-state index contributed by atoms with van der Waals surface area (Å²) in [5.41, 5.74) is 0. The summed E-state index contributed by atoms with van der Waals surface area (Å²) in [6, 6.07) is 0. The van der Waals surface area contributed by atoms with Crippen LogP contribution >= 0.6 is 0 Å². The Morgan fingerprint density at radius 3 is 3.14 bits per heavy atom. The molecule has 0 spiro atoms. The minimum Gasteiger partial charge on any atom is -0.447 e. The number of aliphatic hydroxyl groups is 1. The second kappa shape index (κ2) is 4.57. The lowest BCUT2D eigenvalue weighted by Crippen LogP contribution is -2.21. The van der Waals surface area contributed by atoms with Crippen LogP contribution in [-0.2, 0) is 6.54 Å². The van der Waals surface area contributed by atoms with Crippen LogP contribution in [0, 0.1) is 5.92 Å². The van der Waals surface area contributed by atoms with Crippen molar-refractivity contribution in [1.29, 1.82) is 0 Å². The van der Waals surface area contributed by atoms with E-state index >= 15 is 0 Å². The van der Waals surface area contributed by atoms with Crippen molar-refractivity contribution in [3.05, 3.63) is 18.4 Å². The zero-order chi connectivity index (χ0) is 9.80. The van der Waals surface area contributed by atoms with E-state index in [9.17, 15) is 5.11 Å². The van der Waals surface area contributed by atoms with Gasteiger partial charge in [-0.05, 0) is 31.7 Å². The van der Waals surface area contributed by atoms with E-state index in [0.29, 0.717) is 5.92 Å². The third-order valence-corrected chi connectivity index (χ3v) is 2.73. The summed E-state index contributed by atoms with van der Waals surface area (Å²) in [4.78, 5) is 3.84. The molecule has 0 aliphatic heterocycles. The summed E-state index contributed by atoms with van der Waals surface area (Å²) in [5.74, 6) is 1.48. The molecular weight excluding hydrogens is 180 g/mol. The second-order valence-corrected chi connectivity index (χ2v) is 3.93. The number of nitrogens with zero attached hydrogens (tertiary/aromatic N) is 1. The van der Waals surface area contributed by atoms with Gasteiger partial charge in [0, 0.05) is 0 Å². The number of hydrogen-bond donors (Lipinski definition) is 2. The summed E-state index contributed by atoms with van der Waals surface area (Å²) < 4.78 is 5.10. The van der Waals surface area contributed by atoms with Crippen LogP contribution in [0.15, 0.2) is 17.0 Å². The standard InChI is InChI=1S/C10H16N2O2/c13-9-2-1-8(3-9)4-11-5-10-6-12-7-14-10/h6-9,11,13H,1-5H2. The number of aliphatic hydroxyl groups excluding tert-OH is 1. The van der Waals surface area contributed by atoms with Gasteiger partial charge >= 0.3 is 0 Å². The van der Waals surface area contributed by atoms with Crippen LogP contribution in [0.4, 0.5) is 0 Å². The molecule has 0 bridgehead atoms. The first-order valence-electron chi connectivity index (χ1n) is 5.10. The maximum atomic E-state index is 9.33. The molecule has 0 radical (unpaired) electrons. The summed E-state index contributed by atoms with van der Waals surface area (Å²) >= 11 is 0. The molecule has 78 valence electrons. The number of oxazole rings is 1. The fourth-order valence-electron chi connectivity index (χ4n) is 1.96. The van der Waals surface area contributed by atoms with Crippen LogP contribution in [0.2, 0.25) is 0 Å². The van der Waals surface area contributed by atoms with E-state index in [0.717, 1.165) is 38.1 Å². The van der Waals surface area contributed by atoms with Crippen molar-refractivity contribution in [3.8, 4) is 0 Å². The van der Waals surface area contributed by atoms with Crippen molar-refractivity contribution in [3.63, 3.8) is 0 Å². The van der Waals surface area contributed by atoms with Gasteiger partial charge in [-0.1, -0.05) is 0 Å². The topological polar surface area (TPSA) is 58.3 Å². The molecule has 2 rings (SSSR count). The van der Waals surface area contributed by atoms with Gasteiger partial charge in [0.25, 0.3) is 0 Å². The highest BCUT2D eigenvalue weighted by atomic mass is 16.3. The quantitative estimate of drug-likeness (QED) is 0.752. The highest BCUT2D eigenvalue weighted by molar-refractivity contribution is 4.87. The lowest BCUT2D eigenvalue weighted by Gasteiger charge is -2.09. The van der Waals surface area contributed by atoms with Crippen LogP contribution in [0.3, 0.4) is 0 Å². The van der Waals surface area contributed by atoms with Gasteiger partial charge in [0.05, 0.1) is 18.8 Å². The second-order valence-electron chi connectivity index (χ2n) is 3.93. The molecule has 0 aromatic carbocycles. The van der Waals surface area contributed by atoms with Gasteiger partial charge in [-0.25, -0.2) is 4.98 Å². The Morgan fingerprint density at radius 2 is 2.50 bits per heavy atom. The van der Waals surface area contributed by atoms with Crippen LogP contribution in [0.5, 0.6) is 0 Å². The van der Waals surface area contributed by atoms with E-state index in [4.69, 9.17) is 4.42 Å². The molecule has 1 heterocycles. The minimum absolute atomic E-state index is 0.0768. The van der Waals surface area contributed by atoms with Gasteiger partial charge in [0.1, 0.15) is 5.76 Å². The smallest absolute Gasteiger partial charge is 0.180 e. The van der Waals surface area contributed by atoms with E-state index in [2.05, 4.69) is 10.3 Å². The molecule has 2 atom stereocenters. The van der Waals surface area contributed by atoms with E-state index in [1.54, 1.807) is 6.20 Å². The van der Waals surface area contributed by atoms with Gasteiger partial charge in [-0.2, -0.15) is 0 Å². The van der Waals surface area contributed by atoms with Crippen LogP contribution in [-0.4, -0.2) is 22.7 Å². The highest BCUT2D eigenvalue weighted by Gasteiger charge is 2.21. The maximum absolute atomic E-state index is 9.33. The fraction of sp³-hybridized carbons (Fsp3) is 0.700. The van der Waals surface area contributed by atoms with Gasteiger partial charge in [0.2, 0.25) is 0 Å². The summed E-state index contributed by atoms with van der Waals surface area (Å²) in [7, 11) is 0. The van der Waals surface area contributed by atoms with Gasteiger partial charge in [-0.3, -0.25) is 0 Å². The first-order chi connectivity index (χ1) is 6.84. The molecule has 0 saturated heterocycles. The van der Waals surface area contributed by atoms with E-state index in [1.165, 1.54) is 6.39 Å². The van der Waals surface area contributed by atoms with Crippen molar-refractivity contribution in [2.75, 3.05) is 6.54 Å². The van der Waals surface area contributed by atoms with Crippen molar-refractivity contribution in [2.24, 2.45) is 5.92 Å². The van der Waals surface area contributed by atoms with Crippen molar-refractivity contribution >= 4 is 0 Å². The largest absolute Gasteiger partial charge is 0.447 e. The lowest BCUT2D eigenvalue weighted by atomic mass is 10.1. The van der Waals surface area contributed by atoms with Crippen molar-refractivity contribution < 1.29 is 9.52 Å². The zero-order valence-corrected chi connectivity index (χ0v) is 8.15. The molecule has 1 aromatic rings. The Labute approximate surface area is 83.3 Å². The molecule has 4 nitrogen and oxygen atoms in total. The zero-order valence-electron chi connectivity index (χ0n) is 8.15. The van der Waals surface area contributed by atoms with Crippen molar-refractivity contribution in [2.45, 2.75) is 31.9 Å². The van der Waals surface area contributed by atoms with Crippen LogP contribution in [0.25, 0.3) is 0 Å². The van der Waals surface area contributed by atoms with E-state index < -0.39 is 0 Å². The molecule has 4 heteroatoms. The summed E-state index contributed by atoms with van der Waals surface area (Å²) in [5, 5.41) is 12.6. The molecule has 2 unspecified atom stereocenters. The Kier molecular flexibility index (Phi) is 3.16. The van der Waals surface area contributed by atoms with Crippen LogP contribution < -0.4 is 5.32 Å². The SMILES string of the molecule is OC1CCC(CNCc2cnco2)C1. The Bertz CT molecular complexity index is 261. The minimum atomic E-state index is -0.0768. The van der Waals surface area contributed by atoms with Gasteiger partial charge in [0.15, 0.2) is 6.39 Å². The third kappa shape index (κ3) is 2.56. The average Bonchev–Trinajstić information content (AvgIpc) is 2.77. The average molecular weight is 196 g/mol. The third-order valence-electron chi connectivity index (χ3n) is 2.73. The Morgan fingerprint density at radius 1 is 1.57 bits per heavy atom. The lowest BCUT2D eigenvalue weighted by molar-refractivity contribution is 0.177. The van der Waals surface area contributed by atoms with E-state index in [-0.39, 0.29) is 6.10 Å². The molecule has 1 aliphatic carbocycles. The first kappa shape index (κ1) is 9.68. The predicted octanol–water partition coefficient (Wildman–Crippen LogP) is 0.925. The molecule has 2 N–H and O–H groups in total. The van der Waals surface area contributed by atoms with Crippen LogP contribution in [0.1, 0.15) is 25.0 Å². The van der Waals surface area contributed by atoms with Gasteiger partial charge in [-0.15, -0.1) is 0 Å². The summed E-state index contributed by atoms with van der Waals surface area (Å²) in [6.45, 7) is 1.68. The summed E-state index contributed by atoms with van der Waals surface area (Å²) in [6.07, 6.45) is 6.10. The maximum Gasteiger partial charge on any atom is 0.180 e. The Balaban J connectivity index is 1.64. The van der Waals surface area contributed by atoms with Gasteiger partial charge < -0.3 is 14.8 Å². The first-order valence-corrected chi connectivity index (χ1v) is 5.10. The molecular formula is C10H16N2O2. The number of hydrogen-bond acceptors (Lipinski definition) is 4.